The highest BCUT2D eigenvalue weighted by Gasteiger charge is 2.17. The van der Waals surface area contributed by atoms with Crippen molar-refractivity contribution in [3.63, 3.8) is 0 Å². The Bertz CT molecular complexity index is 643. The summed E-state index contributed by atoms with van der Waals surface area (Å²) < 4.78 is 9.96. The van der Waals surface area contributed by atoms with Gasteiger partial charge < -0.3 is 19.7 Å². The first kappa shape index (κ1) is 19.9. The Labute approximate surface area is 153 Å². The SMILES string of the molecule is COC(=O)c1cccc(NC(=O)CN(CCN2CCOCC2)C(C)=O)c1. The molecular formula is C18H25N3O5. The van der Waals surface area contributed by atoms with Crippen LogP contribution in [0.4, 0.5) is 5.69 Å². The predicted octanol–water partition coefficient (Wildman–Crippen LogP) is 0.592. The number of carbonyl (C=O) groups is 3. The van der Waals surface area contributed by atoms with Crippen LogP contribution >= 0.6 is 0 Å². The molecule has 8 heteroatoms. The van der Waals surface area contributed by atoms with E-state index < -0.39 is 5.97 Å². The number of carbonyl (C=O) groups excluding carboxylic acids is 3. The minimum atomic E-state index is -0.475. The molecule has 0 saturated carbocycles. The van der Waals surface area contributed by atoms with Gasteiger partial charge in [0.25, 0.3) is 0 Å². The number of methoxy groups -OCH3 is 1. The number of esters is 1. The lowest BCUT2D eigenvalue weighted by atomic mass is 10.2. The molecule has 1 aromatic rings. The molecule has 1 aliphatic rings. The number of anilines is 1. The standard InChI is InChI=1S/C18H25N3O5/c1-14(22)21(7-6-20-8-10-26-11-9-20)13-17(23)19-16-5-3-4-15(12-16)18(24)25-2/h3-5,12H,6-11,13H2,1-2H3,(H,19,23). The number of amides is 2. The summed E-state index contributed by atoms with van der Waals surface area (Å²) in [5.74, 6) is -0.946. The zero-order chi connectivity index (χ0) is 18.9. The topological polar surface area (TPSA) is 88.2 Å². The summed E-state index contributed by atoms with van der Waals surface area (Å²) in [6.45, 7) is 5.64. The number of hydrogen-bond acceptors (Lipinski definition) is 6. The van der Waals surface area contributed by atoms with Gasteiger partial charge in [-0.25, -0.2) is 4.79 Å². The third-order valence-electron chi connectivity index (χ3n) is 4.14. The van der Waals surface area contributed by atoms with Crippen molar-refractivity contribution in [1.82, 2.24) is 9.80 Å². The molecule has 0 bridgehead atoms. The van der Waals surface area contributed by atoms with E-state index in [0.29, 0.717) is 37.6 Å². The highest BCUT2D eigenvalue weighted by atomic mass is 16.5. The summed E-state index contributed by atoms with van der Waals surface area (Å²) in [6, 6.07) is 6.47. The Kier molecular flexibility index (Phi) is 7.55. The fraction of sp³-hybridized carbons (Fsp3) is 0.500. The molecule has 0 spiro atoms. The van der Waals surface area contributed by atoms with Gasteiger partial charge in [0.2, 0.25) is 11.8 Å². The first-order valence-electron chi connectivity index (χ1n) is 8.53. The largest absolute Gasteiger partial charge is 0.465 e. The average Bonchev–Trinajstić information content (AvgIpc) is 2.65. The van der Waals surface area contributed by atoms with Crippen LogP contribution < -0.4 is 5.32 Å². The first-order chi connectivity index (χ1) is 12.5. The van der Waals surface area contributed by atoms with E-state index in [4.69, 9.17) is 4.74 Å². The minimum Gasteiger partial charge on any atom is -0.465 e. The molecule has 2 rings (SSSR count). The fourth-order valence-electron chi connectivity index (χ4n) is 2.65. The third kappa shape index (κ3) is 6.12. The Hall–Kier alpha value is -2.45. The summed E-state index contributed by atoms with van der Waals surface area (Å²) in [5, 5.41) is 2.71. The van der Waals surface area contributed by atoms with E-state index in [1.54, 1.807) is 18.2 Å². The molecule has 0 unspecified atom stereocenters. The smallest absolute Gasteiger partial charge is 0.337 e. The lowest BCUT2D eigenvalue weighted by molar-refractivity contribution is -0.133. The number of benzene rings is 1. The quantitative estimate of drug-likeness (QED) is 0.714. The number of ether oxygens (including phenoxy) is 2. The van der Waals surface area contributed by atoms with Gasteiger partial charge in [-0.05, 0) is 18.2 Å². The van der Waals surface area contributed by atoms with Crippen molar-refractivity contribution >= 4 is 23.5 Å². The molecule has 0 atom stereocenters. The van der Waals surface area contributed by atoms with Crippen molar-refractivity contribution in [3.05, 3.63) is 29.8 Å². The molecule has 26 heavy (non-hydrogen) atoms. The summed E-state index contributed by atoms with van der Waals surface area (Å²) in [5.41, 5.74) is 0.829. The molecule has 2 amide bonds. The maximum atomic E-state index is 12.3. The van der Waals surface area contributed by atoms with Crippen LogP contribution in [0.15, 0.2) is 24.3 Å². The molecule has 1 aromatic carbocycles. The molecule has 142 valence electrons. The molecule has 1 N–H and O–H groups in total. The predicted molar refractivity (Wildman–Crippen MR) is 95.9 cm³/mol. The summed E-state index contributed by atoms with van der Waals surface area (Å²) in [4.78, 5) is 39.4. The zero-order valence-corrected chi connectivity index (χ0v) is 15.2. The van der Waals surface area contributed by atoms with Gasteiger partial charge >= 0.3 is 5.97 Å². The van der Waals surface area contributed by atoms with Gasteiger partial charge in [-0.3, -0.25) is 14.5 Å². The van der Waals surface area contributed by atoms with Crippen LogP contribution in [0.3, 0.4) is 0 Å². The fourth-order valence-corrected chi connectivity index (χ4v) is 2.65. The van der Waals surface area contributed by atoms with Crippen molar-refractivity contribution < 1.29 is 23.9 Å². The van der Waals surface area contributed by atoms with Crippen LogP contribution in [-0.2, 0) is 19.1 Å². The monoisotopic (exact) mass is 363 g/mol. The summed E-state index contributed by atoms with van der Waals surface area (Å²) >= 11 is 0. The van der Waals surface area contributed by atoms with E-state index in [0.717, 1.165) is 13.1 Å². The van der Waals surface area contributed by atoms with E-state index >= 15 is 0 Å². The molecule has 0 radical (unpaired) electrons. The Morgan fingerprint density at radius 2 is 2.00 bits per heavy atom. The van der Waals surface area contributed by atoms with E-state index in [1.165, 1.54) is 25.0 Å². The molecule has 1 heterocycles. The van der Waals surface area contributed by atoms with Crippen LogP contribution in [0.2, 0.25) is 0 Å². The van der Waals surface area contributed by atoms with Crippen LogP contribution in [0, 0.1) is 0 Å². The lowest BCUT2D eigenvalue weighted by Crippen LogP contribution is -2.44. The van der Waals surface area contributed by atoms with Gasteiger partial charge in [0.15, 0.2) is 0 Å². The maximum absolute atomic E-state index is 12.3. The average molecular weight is 363 g/mol. The zero-order valence-electron chi connectivity index (χ0n) is 15.2. The van der Waals surface area contributed by atoms with E-state index in [2.05, 4.69) is 15.0 Å². The molecule has 1 saturated heterocycles. The second kappa shape index (κ2) is 9.88. The molecular weight excluding hydrogens is 338 g/mol. The van der Waals surface area contributed by atoms with Gasteiger partial charge in [0.1, 0.15) is 0 Å². The highest BCUT2D eigenvalue weighted by molar-refractivity contribution is 5.96. The van der Waals surface area contributed by atoms with E-state index in [1.807, 2.05) is 0 Å². The number of rotatable bonds is 7. The van der Waals surface area contributed by atoms with Gasteiger partial charge in [0, 0.05) is 38.8 Å². The highest BCUT2D eigenvalue weighted by Crippen LogP contribution is 2.11. The second-order valence-electron chi connectivity index (χ2n) is 6.02. The van der Waals surface area contributed by atoms with Crippen LogP contribution in [-0.4, -0.2) is 80.6 Å². The molecule has 1 aliphatic heterocycles. The Balaban J connectivity index is 1.88. The number of hydrogen-bond donors (Lipinski definition) is 1. The number of nitrogens with zero attached hydrogens (tertiary/aromatic N) is 2. The van der Waals surface area contributed by atoms with Crippen molar-refractivity contribution in [1.29, 1.82) is 0 Å². The van der Waals surface area contributed by atoms with Crippen molar-refractivity contribution in [2.45, 2.75) is 6.92 Å². The van der Waals surface area contributed by atoms with Crippen molar-refractivity contribution in [2.75, 3.05) is 58.4 Å². The molecule has 0 aromatic heterocycles. The molecule has 1 fully saturated rings. The normalized spacial score (nSPS) is 14.5. The molecule has 0 aliphatic carbocycles. The van der Waals surface area contributed by atoms with Gasteiger partial charge in [-0.15, -0.1) is 0 Å². The summed E-state index contributed by atoms with van der Waals surface area (Å²) in [6.07, 6.45) is 0. The first-order valence-corrected chi connectivity index (χ1v) is 8.53. The second-order valence-corrected chi connectivity index (χ2v) is 6.02. The summed E-state index contributed by atoms with van der Waals surface area (Å²) in [7, 11) is 1.30. The van der Waals surface area contributed by atoms with Crippen molar-refractivity contribution in [3.8, 4) is 0 Å². The van der Waals surface area contributed by atoms with Crippen LogP contribution in [0.25, 0.3) is 0 Å². The van der Waals surface area contributed by atoms with Crippen LogP contribution in [0.1, 0.15) is 17.3 Å². The van der Waals surface area contributed by atoms with Crippen molar-refractivity contribution in [2.24, 2.45) is 0 Å². The van der Waals surface area contributed by atoms with E-state index in [9.17, 15) is 14.4 Å². The number of morpholine rings is 1. The van der Waals surface area contributed by atoms with E-state index in [-0.39, 0.29) is 18.4 Å². The maximum Gasteiger partial charge on any atom is 0.337 e. The Morgan fingerprint density at radius 3 is 2.65 bits per heavy atom. The van der Waals surface area contributed by atoms with Gasteiger partial charge in [-0.1, -0.05) is 6.07 Å². The Morgan fingerprint density at radius 1 is 1.27 bits per heavy atom. The number of nitrogens with one attached hydrogen (secondary N) is 1. The molecule has 8 nitrogen and oxygen atoms in total. The van der Waals surface area contributed by atoms with Gasteiger partial charge in [-0.2, -0.15) is 0 Å². The third-order valence-corrected chi connectivity index (χ3v) is 4.14. The van der Waals surface area contributed by atoms with Gasteiger partial charge in [0.05, 0.1) is 32.4 Å². The van der Waals surface area contributed by atoms with Crippen LogP contribution in [0.5, 0.6) is 0 Å². The minimum absolute atomic E-state index is 0.0396. The lowest BCUT2D eigenvalue weighted by Gasteiger charge is -2.29.